The molecule has 3 rings (SSSR count). The van der Waals surface area contributed by atoms with Gasteiger partial charge in [0.15, 0.2) is 0 Å². The Hall–Kier alpha value is -3.95. The highest BCUT2D eigenvalue weighted by atomic mass is 19.4. The van der Waals surface area contributed by atoms with Crippen molar-refractivity contribution in [3.8, 4) is 0 Å². The van der Waals surface area contributed by atoms with E-state index in [4.69, 9.17) is 4.74 Å². The van der Waals surface area contributed by atoms with E-state index in [2.05, 4.69) is 10.3 Å². The molecular formula is C25H27F6N5O5. The van der Waals surface area contributed by atoms with Crippen LogP contribution in [0.4, 0.5) is 37.8 Å². The van der Waals surface area contributed by atoms with E-state index in [1.54, 1.807) is 42.9 Å². The molecular weight excluding hydrogens is 564 g/mol. The number of carbonyl (C=O) groups excluding carboxylic acids is 2. The number of carbonyl (C=O) groups is 2. The van der Waals surface area contributed by atoms with Crippen molar-refractivity contribution in [1.29, 1.82) is 0 Å². The molecule has 1 atom stereocenters. The Kier molecular flexibility index (Phi) is 9.15. The van der Waals surface area contributed by atoms with Crippen LogP contribution in [0.1, 0.15) is 61.1 Å². The maximum absolute atomic E-state index is 14.6. The lowest BCUT2D eigenvalue weighted by atomic mass is 9.81. The van der Waals surface area contributed by atoms with Gasteiger partial charge < -0.3 is 10.1 Å². The highest BCUT2D eigenvalue weighted by Gasteiger charge is 2.61. The lowest BCUT2D eigenvalue weighted by Crippen LogP contribution is -2.61. The molecule has 224 valence electrons. The monoisotopic (exact) mass is 591 g/mol. The second-order valence-corrected chi connectivity index (χ2v) is 10.2. The highest BCUT2D eigenvalue weighted by Crippen LogP contribution is 2.41. The molecule has 0 spiro atoms. The van der Waals surface area contributed by atoms with Gasteiger partial charge in [-0.05, 0) is 36.7 Å². The Morgan fingerprint density at radius 3 is 2.27 bits per heavy atom. The van der Waals surface area contributed by atoms with Gasteiger partial charge in [-0.25, -0.2) is 4.98 Å². The van der Waals surface area contributed by atoms with Crippen molar-refractivity contribution in [3.63, 3.8) is 0 Å². The summed E-state index contributed by atoms with van der Waals surface area (Å²) in [7, 11) is 0. The van der Waals surface area contributed by atoms with Crippen molar-refractivity contribution in [2.24, 2.45) is 5.41 Å². The van der Waals surface area contributed by atoms with E-state index in [0.717, 1.165) is 0 Å². The number of hydrogen-bond donors (Lipinski definition) is 3. The van der Waals surface area contributed by atoms with Crippen molar-refractivity contribution in [2.45, 2.75) is 64.1 Å². The Morgan fingerprint density at radius 1 is 1.02 bits per heavy atom. The number of benzene rings is 1. The molecule has 0 aliphatic carbocycles. The summed E-state index contributed by atoms with van der Waals surface area (Å²) in [6, 6.07) is 7.82. The van der Waals surface area contributed by atoms with Crippen LogP contribution >= 0.6 is 0 Å². The topological polar surface area (TPSA) is 135 Å². The fourth-order valence-electron chi connectivity index (χ4n) is 4.28. The van der Waals surface area contributed by atoms with E-state index in [-0.39, 0.29) is 31.9 Å². The van der Waals surface area contributed by atoms with Crippen LogP contribution in [0.2, 0.25) is 0 Å². The SMILES string of the molecule is CC1(C)CCCC(OCc2ccccc2)(C(F)(F)F)C(=O)NNC(=O)c2nc(c(C(F)(F)F)cc2[N+](=O)[O-])NCC1. The smallest absolute Gasteiger partial charge is 0.370 e. The van der Waals surface area contributed by atoms with Crippen LogP contribution in [0.5, 0.6) is 0 Å². The summed E-state index contributed by atoms with van der Waals surface area (Å²) < 4.78 is 90.0. The first-order valence-electron chi connectivity index (χ1n) is 12.3. The minimum Gasteiger partial charge on any atom is -0.370 e. The summed E-state index contributed by atoms with van der Waals surface area (Å²) in [6.45, 7) is 2.58. The number of nitrogens with zero attached hydrogens (tertiary/aromatic N) is 2. The van der Waals surface area contributed by atoms with Gasteiger partial charge in [0.2, 0.25) is 11.3 Å². The highest BCUT2D eigenvalue weighted by molar-refractivity contribution is 5.98. The van der Waals surface area contributed by atoms with Crippen LogP contribution in [0.3, 0.4) is 0 Å². The number of amides is 2. The number of alkyl halides is 6. The van der Waals surface area contributed by atoms with E-state index < -0.39 is 75.9 Å². The zero-order valence-corrected chi connectivity index (χ0v) is 21.9. The molecule has 1 aliphatic heterocycles. The average Bonchev–Trinajstić information content (AvgIpc) is 2.87. The molecule has 41 heavy (non-hydrogen) atoms. The normalized spacial score (nSPS) is 20.6. The number of ether oxygens (including phenoxy) is 1. The number of hydrogen-bond acceptors (Lipinski definition) is 7. The van der Waals surface area contributed by atoms with Crippen molar-refractivity contribution >= 4 is 23.3 Å². The molecule has 1 aliphatic rings. The Bertz CT molecular complexity index is 1290. The van der Waals surface area contributed by atoms with Gasteiger partial charge in [0.1, 0.15) is 11.4 Å². The van der Waals surface area contributed by atoms with Crippen molar-refractivity contribution < 1.29 is 45.6 Å². The number of nitrogens with one attached hydrogen (secondary N) is 3. The molecule has 0 saturated heterocycles. The number of hydrazine groups is 1. The predicted molar refractivity (Wildman–Crippen MR) is 132 cm³/mol. The summed E-state index contributed by atoms with van der Waals surface area (Å²) in [5.41, 5.74) is -4.70. The summed E-state index contributed by atoms with van der Waals surface area (Å²) in [5.74, 6) is -4.33. The fraction of sp³-hybridized carbons (Fsp3) is 0.480. The van der Waals surface area contributed by atoms with Crippen LogP contribution in [0.25, 0.3) is 0 Å². The Morgan fingerprint density at radius 2 is 1.68 bits per heavy atom. The van der Waals surface area contributed by atoms with E-state index in [1.165, 1.54) is 12.1 Å². The van der Waals surface area contributed by atoms with Crippen LogP contribution < -0.4 is 16.2 Å². The molecule has 1 aromatic carbocycles. The van der Waals surface area contributed by atoms with E-state index >= 15 is 0 Å². The van der Waals surface area contributed by atoms with E-state index in [0.29, 0.717) is 5.56 Å². The standard InChI is InChI=1S/C25H27F6N5O5/c1-22(2)9-6-10-23(25(29,30)31,41-14-15-7-4-3-5-8-15)21(38)35-34-20(37)18-17(36(39)40)13-16(24(26,27)28)19(33-18)32-12-11-22/h3-5,7-8,13H,6,9-12,14H2,1-2H3,(H,32,33)(H,34,37)(H,35,38). The number of rotatable bonds is 4. The van der Waals surface area contributed by atoms with Crippen molar-refractivity contribution in [2.75, 3.05) is 11.9 Å². The van der Waals surface area contributed by atoms with Gasteiger partial charge in [-0.2, -0.15) is 26.3 Å². The quantitative estimate of drug-likeness (QED) is 0.250. The van der Waals surface area contributed by atoms with Crippen LogP contribution in [-0.2, 0) is 22.3 Å². The molecule has 0 radical (unpaired) electrons. The van der Waals surface area contributed by atoms with Gasteiger partial charge in [-0.15, -0.1) is 0 Å². The molecule has 2 bridgehead atoms. The van der Waals surface area contributed by atoms with Crippen LogP contribution in [0, 0.1) is 15.5 Å². The van der Waals surface area contributed by atoms with Crippen molar-refractivity contribution in [1.82, 2.24) is 15.8 Å². The molecule has 0 fully saturated rings. The maximum atomic E-state index is 14.6. The van der Waals surface area contributed by atoms with E-state index in [9.17, 15) is 46.0 Å². The van der Waals surface area contributed by atoms with Gasteiger partial charge in [0, 0.05) is 12.6 Å². The second kappa shape index (κ2) is 11.9. The molecule has 2 aromatic rings. The second-order valence-electron chi connectivity index (χ2n) is 10.2. The third kappa shape index (κ3) is 7.42. The summed E-state index contributed by atoms with van der Waals surface area (Å²) in [5, 5.41) is 13.9. The fourth-order valence-corrected chi connectivity index (χ4v) is 4.28. The number of halogens is 6. The van der Waals surface area contributed by atoms with Crippen LogP contribution in [0.15, 0.2) is 36.4 Å². The zero-order valence-electron chi connectivity index (χ0n) is 21.9. The van der Waals surface area contributed by atoms with Gasteiger partial charge in [0.25, 0.3) is 11.8 Å². The molecule has 0 saturated carbocycles. The molecule has 3 N–H and O–H groups in total. The third-order valence-corrected chi connectivity index (χ3v) is 6.64. The largest absolute Gasteiger partial charge is 0.426 e. The first-order valence-corrected chi connectivity index (χ1v) is 12.3. The van der Waals surface area contributed by atoms with Crippen LogP contribution in [-0.4, -0.2) is 40.0 Å². The Labute approximate surface area is 230 Å². The first-order chi connectivity index (χ1) is 19.0. The predicted octanol–water partition coefficient (Wildman–Crippen LogP) is 5.30. The first kappa shape index (κ1) is 31.6. The van der Waals surface area contributed by atoms with Gasteiger partial charge in [-0.1, -0.05) is 44.2 Å². The van der Waals surface area contributed by atoms with E-state index in [1.807, 2.05) is 0 Å². The summed E-state index contributed by atoms with van der Waals surface area (Å²) in [6.07, 6.45) is -11.2. The summed E-state index contributed by atoms with van der Waals surface area (Å²) >= 11 is 0. The molecule has 1 aromatic heterocycles. The van der Waals surface area contributed by atoms with Gasteiger partial charge in [-0.3, -0.25) is 30.6 Å². The number of aromatic nitrogens is 1. The van der Waals surface area contributed by atoms with Gasteiger partial charge in [0.05, 0.1) is 11.5 Å². The molecule has 1 unspecified atom stereocenters. The minimum absolute atomic E-state index is 0.0955. The molecule has 2 heterocycles. The number of anilines is 1. The molecule has 10 nitrogen and oxygen atoms in total. The minimum atomic E-state index is -5.28. The Balaban J connectivity index is 2.07. The molecule has 2 amide bonds. The third-order valence-electron chi connectivity index (χ3n) is 6.64. The zero-order chi connectivity index (χ0) is 30.6. The number of nitro groups is 1. The lowest BCUT2D eigenvalue weighted by molar-refractivity contribution is -0.385. The maximum Gasteiger partial charge on any atom is 0.426 e. The average molecular weight is 592 g/mol. The number of fused-ring (bicyclic) bond motifs is 2. The summed E-state index contributed by atoms with van der Waals surface area (Å²) in [4.78, 5) is 39.6. The lowest BCUT2D eigenvalue weighted by Gasteiger charge is -2.35. The number of pyridine rings is 1. The van der Waals surface area contributed by atoms with Crippen molar-refractivity contribution in [3.05, 3.63) is 63.3 Å². The van der Waals surface area contributed by atoms with Gasteiger partial charge >= 0.3 is 18.0 Å². The molecule has 16 heteroatoms.